The molecule has 1 atom stereocenters. The number of benzene rings is 1. The minimum atomic E-state index is -0.569. The first-order valence-electron chi connectivity index (χ1n) is 7.24. The Morgan fingerprint density at radius 2 is 1.82 bits per heavy atom. The predicted octanol–water partition coefficient (Wildman–Crippen LogP) is 2.34. The first-order valence-corrected chi connectivity index (χ1v) is 7.87. The van der Waals surface area contributed by atoms with Crippen LogP contribution in [0.2, 0.25) is 0 Å². The summed E-state index contributed by atoms with van der Waals surface area (Å²) in [5, 5.41) is 5.45. The van der Waals surface area contributed by atoms with Gasteiger partial charge in [-0.05, 0) is 26.3 Å². The van der Waals surface area contributed by atoms with Crippen molar-refractivity contribution < 1.29 is 14.3 Å². The fourth-order valence-corrected chi connectivity index (χ4v) is 1.96. The Balaban J connectivity index is 2.71. The van der Waals surface area contributed by atoms with E-state index in [1.54, 1.807) is 20.8 Å². The van der Waals surface area contributed by atoms with Gasteiger partial charge in [0.05, 0.1) is 5.92 Å². The van der Waals surface area contributed by atoms with E-state index in [0.717, 1.165) is 5.56 Å². The van der Waals surface area contributed by atoms with Gasteiger partial charge >= 0.3 is 6.09 Å². The molecular formula is C16H24N2O3S. The van der Waals surface area contributed by atoms with Gasteiger partial charge in [0, 0.05) is 18.8 Å². The van der Waals surface area contributed by atoms with Gasteiger partial charge in [-0.2, -0.15) is 12.6 Å². The molecule has 0 fully saturated rings. The van der Waals surface area contributed by atoms with Crippen molar-refractivity contribution in [3.05, 3.63) is 35.9 Å². The minimum Gasteiger partial charge on any atom is -0.444 e. The highest BCUT2D eigenvalue weighted by Gasteiger charge is 2.22. The molecule has 2 N–H and O–H groups in total. The zero-order chi connectivity index (χ0) is 16.6. The first kappa shape index (κ1) is 18.4. The molecular weight excluding hydrogens is 300 g/mol. The van der Waals surface area contributed by atoms with Crippen molar-refractivity contribution in [2.75, 3.05) is 18.8 Å². The van der Waals surface area contributed by atoms with E-state index >= 15 is 0 Å². The number of ether oxygens (including phenoxy) is 1. The van der Waals surface area contributed by atoms with E-state index in [2.05, 4.69) is 23.3 Å². The van der Waals surface area contributed by atoms with Gasteiger partial charge in [-0.25, -0.2) is 4.79 Å². The Hall–Kier alpha value is -1.69. The van der Waals surface area contributed by atoms with Crippen molar-refractivity contribution in [3.8, 4) is 0 Å². The summed E-state index contributed by atoms with van der Waals surface area (Å²) in [6, 6.07) is 9.33. The lowest BCUT2D eigenvalue weighted by Crippen LogP contribution is -2.40. The molecule has 0 unspecified atom stereocenters. The number of carbonyl (C=O) groups is 2. The maximum atomic E-state index is 12.3. The van der Waals surface area contributed by atoms with E-state index in [-0.39, 0.29) is 12.5 Å². The van der Waals surface area contributed by atoms with Crippen LogP contribution in [0.15, 0.2) is 30.3 Å². The largest absolute Gasteiger partial charge is 0.444 e. The average molecular weight is 324 g/mol. The van der Waals surface area contributed by atoms with Crippen LogP contribution >= 0.6 is 12.6 Å². The topological polar surface area (TPSA) is 67.4 Å². The van der Waals surface area contributed by atoms with Crippen molar-refractivity contribution in [1.29, 1.82) is 0 Å². The highest BCUT2D eigenvalue weighted by molar-refractivity contribution is 7.80. The molecule has 0 saturated heterocycles. The number of alkyl carbamates (subject to hydrolysis) is 1. The van der Waals surface area contributed by atoms with E-state index in [1.165, 1.54) is 0 Å². The SMILES string of the molecule is CC(C)(C)OC(=O)NC[C@@H](C(=O)NCCS)c1ccccc1. The second-order valence-corrected chi connectivity index (χ2v) is 6.31. The number of amides is 2. The van der Waals surface area contributed by atoms with Crippen molar-refractivity contribution >= 4 is 24.6 Å². The van der Waals surface area contributed by atoms with Gasteiger partial charge in [0.15, 0.2) is 0 Å². The zero-order valence-electron chi connectivity index (χ0n) is 13.3. The molecule has 0 heterocycles. The molecule has 6 heteroatoms. The van der Waals surface area contributed by atoms with Gasteiger partial charge in [0.25, 0.3) is 0 Å². The summed E-state index contributed by atoms with van der Waals surface area (Å²) in [6.45, 7) is 6.04. The van der Waals surface area contributed by atoms with Gasteiger partial charge in [0.1, 0.15) is 5.60 Å². The molecule has 0 saturated carbocycles. The van der Waals surface area contributed by atoms with Crippen LogP contribution in [0.4, 0.5) is 4.79 Å². The summed E-state index contributed by atoms with van der Waals surface area (Å²) in [5.74, 6) is -0.0443. The third kappa shape index (κ3) is 6.85. The molecule has 0 aromatic heterocycles. The Labute approximate surface area is 137 Å². The van der Waals surface area contributed by atoms with Crippen LogP contribution in [-0.4, -0.2) is 36.4 Å². The normalized spacial score (nSPS) is 12.4. The molecule has 0 spiro atoms. The third-order valence-electron chi connectivity index (χ3n) is 2.78. The van der Waals surface area contributed by atoms with E-state index in [9.17, 15) is 9.59 Å². The smallest absolute Gasteiger partial charge is 0.407 e. The van der Waals surface area contributed by atoms with Crippen molar-refractivity contribution in [2.45, 2.75) is 32.3 Å². The molecule has 0 bridgehead atoms. The summed E-state index contributed by atoms with van der Waals surface area (Å²) in [5.41, 5.74) is 0.274. The van der Waals surface area contributed by atoms with Crippen LogP contribution in [0, 0.1) is 0 Å². The Bertz CT molecular complexity index is 486. The molecule has 0 aliphatic rings. The maximum absolute atomic E-state index is 12.3. The third-order valence-corrected chi connectivity index (χ3v) is 3.00. The Kier molecular flexibility index (Phi) is 7.24. The van der Waals surface area contributed by atoms with Gasteiger partial charge in [-0.1, -0.05) is 30.3 Å². The first-order chi connectivity index (χ1) is 10.3. The second kappa shape index (κ2) is 8.68. The van der Waals surface area contributed by atoms with E-state index in [1.807, 2.05) is 30.3 Å². The fraction of sp³-hybridized carbons (Fsp3) is 0.500. The number of hydrogen-bond donors (Lipinski definition) is 3. The molecule has 1 aromatic rings. The second-order valence-electron chi connectivity index (χ2n) is 5.86. The number of rotatable bonds is 6. The minimum absolute atomic E-state index is 0.142. The Morgan fingerprint density at radius 3 is 2.36 bits per heavy atom. The van der Waals surface area contributed by atoms with Gasteiger partial charge in [-0.15, -0.1) is 0 Å². The lowest BCUT2D eigenvalue weighted by molar-refractivity contribution is -0.122. The van der Waals surface area contributed by atoms with Crippen molar-refractivity contribution in [1.82, 2.24) is 10.6 Å². The molecule has 0 aliphatic carbocycles. The fourth-order valence-electron chi connectivity index (χ4n) is 1.85. The monoisotopic (exact) mass is 324 g/mol. The standard InChI is InChI=1S/C16H24N2O3S/c1-16(2,3)21-15(20)18-11-13(14(19)17-9-10-22)12-7-5-4-6-8-12/h4-8,13,22H,9-11H2,1-3H3,(H,17,19)(H,18,20)/t13-/m1/s1. The predicted molar refractivity (Wildman–Crippen MR) is 90.3 cm³/mol. The number of carbonyl (C=O) groups excluding carboxylic acids is 2. The molecule has 0 aliphatic heterocycles. The number of hydrogen-bond acceptors (Lipinski definition) is 4. The van der Waals surface area contributed by atoms with Crippen LogP contribution in [0.3, 0.4) is 0 Å². The summed E-state index contributed by atoms with van der Waals surface area (Å²) in [4.78, 5) is 24.0. The molecule has 5 nitrogen and oxygen atoms in total. The highest BCUT2D eigenvalue weighted by atomic mass is 32.1. The molecule has 22 heavy (non-hydrogen) atoms. The van der Waals surface area contributed by atoms with Crippen LogP contribution < -0.4 is 10.6 Å². The Morgan fingerprint density at radius 1 is 1.18 bits per heavy atom. The van der Waals surface area contributed by atoms with Gasteiger partial charge in [-0.3, -0.25) is 4.79 Å². The molecule has 122 valence electrons. The van der Waals surface area contributed by atoms with Gasteiger partial charge < -0.3 is 15.4 Å². The molecule has 1 aromatic carbocycles. The zero-order valence-corrected chi connectivity index (χ0v) is 14.2. The lowest BCUT2D eigenvalue weighted by Gasteiger charge is -2.22. The summed E-state index contributed by atoms with van der Waals surface area (Å²) >= 11 is 4.08. The molecule has 0 radical (unpaired) electrons. The number of thiol groups is 1. The van der Waals surface area contributed by atoms with E-state index in [4.69, 9.17) is 4.74 Å². The summed E-state index contributed by atoms with van der Waals surface area (Å²) < 4.78 is 5.19. The summed E-state index contributed by atoms with van der Waals surface area (Å²) in [7, 11) is 0. The molecule has 2 amide bonds. The van der Waals surface area contributed by atoms with Gasteiger partial charge in [0.2, 0.25) is 5.91 Å². The maximum Gasteiger partial charge on any atom is 0.407 e. The van der Waals surface area contributed by atoms with Crippen LogP contribution in [0.25, 0.3) is 0 Å². The van der Waals surface area contributed by atoms with Crippen LogP contribution in [0.1, 0.15) is 32.3 Å². The van der Waals surface area contributed by atoms with Crippen molar-refractivity contribution in [3.63, 3.8) is 0 Å². The van der Waals surface area contributed by atoms with Crippen molar-refractivity contribution in [2.24, 2.45) is 0 Å². The van der Waals surface area contributed by atoms with E-state index in [0.29, 0.717) is 12.3 Å². The highest BCUT2D eigenvalue weighted by Crippen LogP contribution is 2.15. The van der Waals surface area contributed by atoms with Crippen LogP contribution in [0.5, 0.6) is 0 Å². The number of nitrogens with one attached hydrogen (secondary N) is 2. The average Bonchev–Trinajstić information content (AvgIpc) is 2.44. The lowest BCUT2D eigenvalue weighted by atomic mass is 9.98. The van der Waals surface area contributed by atoms with E-state index < -0.39 is 17.6 Å². The quantitative estimate of drug-likeness (QED) is 0.704. The van der Waals surface area contributed by atoms with Crippen LogP contribution in [-0.2, 0) is 9.53 Å². The summed E-state index contributed by atoms with van der Waals surface area (Å²) in [6.07, 6.45) is -0.532. The molecule has 1 rings (SSSR count).